The van der Waals surface area contributed by atoms with E-state index in [-0.39, 0.29) is 44.0 Å². The Bertz CT molecular complexity index is 1550. The van der Waals surface area contributed by atoms with E-state index in [0.717, 1.165) is 32.9 Å². The average Bonchev–Trinajstić information content (AvgIpc) is 3.58. The topological polar surface area (TPSA) is 206 Å². The number of primary amides is 1. The smallest absolute Gasteiger partial charge is 0.242 e. The van der Waals surface area contributed by atoms with Gasteiger partial charge in [-0.15, -0.1) is 0 Å². The van der Waals surface area contributed by atoms with E-state index in [9.17, 15) is 14.4 Å². The Morgan fingerprint density at radius 2 is 1.33 bits per heavy atom. The maximum Gasteiger partial charge on any atom is 0.242 e. The Hall–Kier alpha value is -4.84. The zero-order valence-electron chi connectivity index (χ0n) is 23.6. The molecule has 2 aromatic carbocycles. The number of para-hydroxylation sites is 2. The highest BCUT2D eigenvalue weighted by atomic mass is 16.2. The highest BCUT2D eigenvalue weighted by Gasteiger charge is 2.26. The molecule has 2 aromatic heterocycles. The van der Waals surface area contributed by atoms with Crippen LogP contribution in [0.3, 0.4) is 0 Å². The zero-order valence-corrected chi connectivity index (χ0v) is 23.6. The predicted octanol–water partition coefficient (Wildman–Crippen LogP) is 0.958. The summed E-state index contributed by atoms with van der Waals surface area (Å²) in [6.07, 6.45) is 5.68. The zero-order chi connectivity index (χ0) is 30.1. The summed E-state index contributed by atoms with van der Waals surface area (Å²) < 4.78 is 0. The molecule has 3 amide bonds. The molecule has 0 saturated heterocycles. The number of hydrogen-bond acceptors (Lipinski definition) is 5. The lowest BCUT2D eigenvalue weighted by atomic mass is 10.1. The van der Waals surface area contributed by atoms with Gasteiger partial charge in [-0.2, -0.15) is 0 Å². The second kappa shape index (κ2) is 14.2. The molecular formula is C30H39N9O3. The summed E-state index contributed by atoms with van der Waals surface area (Å²) in [6.45, 7) is 0.386. The molecule has 4 aromatic rings. The van der Waals surface area contributed by atoms with E-state index in [1.165, 1.54) is 9.80 Å². The van der Waals surface area contributed by atoms with Crippen molar-refractivity contribution < 1.29 is 14.4 Å². The van der Waals surface area contributed by atoms with Gasteiger partial charge < -0.3 is 42.7 Å². The van der Waals surface area contributed by atoms with Gasteiger partial charge in [-0.25, -0.2) is 0 Å². The van der Waals surface area contributed by atoms with Crippen molar-refractivity contribution in [2.75, 3.05) is 32.7 Å². The predicted molar refractivity (Wildman–Crippen MR) is 164 cm³/mol. The second-order valence-electron chi connectivity index (χ2n) is 10.3. The molecule has 12 nitrogen and oxygen atoms in total. The largest absolute Gasteiger partial charge is 0.370 e. The lowest BCUT2D eigenvalue weighted by Crippen LogP contribution is -2.50. The molecule has 0 aliphatic heterocycles. The molecule has 0 saturated carbocycles. The summed E-state index contributed by atoms with van der Waals surface area (Å²) in [6, 6.07) is 14.9. The molecule has 12 heteroatoms. The van der Waals surface area contributed by atoms with Crippen molar-refractivity contribution in [1.82, 2.24) is 19.8 Å². The number of fused-ring (bicyclic) bond motifs is 2. The van der Waals surface area contributed by atoms with Crippen molar-refractivity contribution in [3.63, 3.8) is 0 Å². The van der Waals surface area contributed by atoms with Crippen LogP contribution in [-0.4, -0.2) is 82.2 Å². The molecule has 0 unspecified atom stereocenters. The summed E-state index contributed by atoms with van der Waals surface area (Å²) in [5.74, 6) is -1.39. The van der Waals surface area contributed by atoms with E-state index < -0.39 is 11.9 Å². The highest BCUT2D eigenvalue weighted by molar-refractivity contribution is 5.90. The van der Waals surface area contributed by atoms with Gasteiger partial charge in [0.05, 0.1) is 19.1 Å². The number of carbonyl (C=O) groups excluding carboxylic acids is 3. The van der Waals surface area contributed by atoms with Gasteiger partial charge in [0.2, 0.25) is 17.7 Å². The molecule has 1 atom stereocenters. The molecule has 0 aliphatic rings. The minimum Gasteiger partial charge on any atom is -0.370 e. The second-order valence-corrected chi connectivity index (χ2v) is 10.3. The fourth-order valence-electron chi connectivity index (χ4n) is 5.08. The monoisotopic (exact) mass is 573 g/mol. The van der Waals surface area contributed by atoms with Crippen LogP contribution in [0, 0.1) is 0 Å². The number of amides is 3. The highest BCUT2D eigenvalue weighted by Crippen LogP contribution is 2.20. The van der Waals surface area contributed by atoms with Crippen molar-refractivity contribution >= 4 is 45.5 Å². The maximum absolute atomic E-state index is 13.6. The van der Waals surface area contributed by atoms with E-state index in [0.29, 0.717) is 32.2 Å². The van der Waals surface area contributed by atoms with Crippen molar-refractivity contribution in [3.05, 3.63) is 72.1 Å². The van der Waals surface area contributed by atoms with Crippen LogP contribution in [-0.2, 0) is 27.2 Å². The quantitative estimate of drug-likeness (QED) is 0.0693. The van der Waals surface area contributed by atoms with Crippen LogP contribution in [0.2, 0.25) is 0 Å². The van der Waals surface area contributed by atoms with Crippen LogP contribution >= 0.6 is 0 Å². The molecule has 0 fully saturated rings. The summed E-state index contributed by atoms with van der Waals surface area (Å²) in [5, 5.41) is 2.10. The minimum atomic E-state index is -0.842. The summed E-state index contributed by atoms with van der Waals surface area (Å²) >= 11 is 0. The van der Waals surface area contributed by atoms with Crippen molar-refractivity contribution in [2.24, 2.45) is 27.9 Å². The van der Waals surface area contributed by atoms with E-state index in [1.807, 2.05) is 60.9 Å². The van der Waals surface area contributed by atoms with Crippen molar-refractivity contribution in [3.8, 4) is 0 Å². The van der Waals surface area contributed by atoms with Gasteiger partial charge in [-0.3, -0.25) is 19.4 Å². The lowest BCUT2D eigenvalue weighted by Gasteiger charge is -2.29. The Balaban J connectivity index is 1.48. The number of aliphatic imine (C=N–C) groups is 1. The van der Waals surface area contributed by atoms with Crippen LogP contribution in [0.4, 0.5) is 0 Å². The number of nitrogens with zero attached hydrogens (tertiary/aromatic N) is 3. The fraction of sp³-hybridized carbons (Fsp3) is 0.333. The number of nitrogens with two attached hydrogens (primary N) is 4. The SMILES string of the molecule is NC(=O)CN(CCc1c[nH]c2ccccc12)C(=O)CN(CCc1c[nH]c2ccccc12)C(=O)[C@@H](N)CCCN=C(N)N. The molecule has 222 valence electrons. The summed E-state index contributed by atoms with van der Waals surface area (Å²) in [4.78, 5) is 52.3. The number of aromatic amines is 2. The molecule has 0 spiro atoms. The number of carbonyl (C=O) groups is 3. The van der Waals surface area contributed by atoms with Gasteiger partial charge in [0.25, 0.3) is 0 Å². The Morgan fingerprint density at radius 3 is 1.88 bits per heavy atom. The third-order valence-electron chi connectivity index (χ3n) is 7.27. The molecule has 4 rings (SSSR count). The molecule has 0 aliphatic carbocycles. The van der Waals surface area contributed by atoms with Crippen LogP contribution in [0.15, 0.2) is 65.9 Å². The summed E-state index contributed by atoms with van der Waals surface area (Å²) in [5.41, 5.74) is 26.6. The molecule has 42 heavy (non-hydrogen) atoms. The number of nitrogens with one attached hydrogen (secondary N) is 2. The van der Waals surface area contributed by atoms with E-state index >= 15 is 0 Å². The normalized spacial score (nSPS) is 11.8. The standard InChI is InChI=1S/C30H39N9O3/c31-24(8-5-13-35-30(33)34)29(42)39(15-12-21-17-37-26-10-4-2-7-23(21)26)19-28(41)38(18-27(32)40)14-11-20-16-36-25-9-3-1-6-22(20)25/h1-4,6-7,9-10,16-17,24,36-37H,5,8,11-15,18-19,31H2,(H2,32,40)(H4,33,34,35)/t24-/m0/s1. The molecular weight excluding hydrogens is 534 g/mol. The van der Waals surface area contributed by atoms with Gasteiger partial charge in [0.1, 0.15) is 0 Å². The first-order chi connectivity index (χ1) is 20.2. The number of rotatable bonds is 15. The number of H-pyrrole nitrogens is 2. The number of guanidine groups is 1. The van der Waals surface area contributed by atoms with Crippen LogP contribution < -0.4 is 22.9 Å². The van der Waals surface area contributed by atoms with Crippen LogP contribution in [0.5, 0.6) is 0 Å². The summed E-state index contributed by atoms with van der Waals surface area (Å²) in [7, 11) is 0. The van der Waals surface area contributed by atoms with Gasteiger partial charge in [-0.05, 0) is 48.9 Å². The molecule has 0 radical (unpaired) electrons. The maximum atomic E-state index is 13.6. The first-order valence-corrected chi connectivity index (χ1v) is 14.0. The lowest BCUT2D eigenvalue weighted by molar-refractivity contribution is -0.142. The molecule has 10 N–H and O–H groups in total. The first kappa shape index (κ1) is 30.1. The Kier molecular flexibility index (Phi) is 10.2. The van der Waals surface area contributed by atoms with Gasteiger partial charge in [-0.1, -0.05) is 36.4 Å². The fourth-order valence-corrected chi connectivity index (χ4v) is 5.08. The first-order valence-electron chi connectivity index (χ1n) is 14.0. The van der Waals surface area contributed by atoms with Gasteiger partial charge in [0, 0.05) is 53.8 Å². The number of benzene rings is 2. The van der Waals surface area contributed by atoms with E-state index in [1.54, 1.807) is 0 Å². The van der Waals surface area contributed by atoms with Gasteiger partial charge >= 0.3 is 0 Å². The average molecular weight is 574 g/mol. The van der Waals surface area contributed by atoms with Crippen LogP contribution in [0.25, 0.3) is 21.8 Å². The third kappa shape index (κ3) is 7.88. The number of hydrogen-bond donors (Lipinski definition) is 6. The van der Waals surface area contributed by atoms with E-state index in [4.69, 9.17) is 22.9 Å². The molecule has 2 heterocycles. The van der Waals surface area contributed by atoms with E-state index in [2.05, 4.69) is 15.0 Å². The molecule has 0 bridgehead atoms. The number of aromatic nitrogens is 2. The van der Waals surface area contributed by atoms with Gasteiger partial charge in [0.15, 0.2) is 5.96 Å². The third-order valence-corrected chi connectivity index (χ3v) is 7.27. The Morgan fingerprint density at radius 1 is 0.786 bits per heavy atom. The van der Waals surface area contributed by atoms with Crippen LogP contribution in [0.1, 0.15) is 24.0 Å². The van der Waals surface area contributed by atoms with Crippen molar-refractivity contribution in [2.45, 2.75) is 31.7 Å². The van der Waals surface area contributed by atoms with Crippen molar-refractivity contribution in [1.29, 1.82) is 0 Å². The Labute approximate surface area is 244 Å². The minimum absolute atomic E-state index is 0.0250.